The van der Waals surface area contributed by atoms with E-state index in [1.165, 1.54) is 6.42 Å². The van der Waals surface area contributed by atoms with Gasteiger partial charge in [0.2, 0.25) is 0 Å². The molecule has 2 aliphatic rings. The number of nitrogens with one attached hydrogen (secondary N) is 1. The fourth-order valence-corrected chi connectivity index (χ4v) is 3.56. The molecule has 2 saturated heterocycles. The van der Waals surface area contributed by atoms with Gasteiger partial charge in [0.1, 0.15) is 0 Å². The number of hydrogen-bond donors (Lipinski definition) is 1. The summed E-state index contributed by atoms with van der Waals surface area (Å²) in [7, 11) is 0. The van der Waals surface area contributed by atoms with Crippen LogP contribution in [0.1, 0.15) is 62.5 Å². The Morgan fingerprint density at radius 1 is 1.43 bits per heavy atom. The molecule has 23 heavy (non-hydrogen) atoms. The molecule has 1 aromatic heterocycles. The minimum Gasteiger partial charge on any atom is -0.337 e. The van der Waals surface area contributed by atoms with Gasteiger partial charge in [0.25, 0.3) is 5.91 Å². The second kappa shape index (κ2) is 7.62. The zero-order valence-electron chi connectivity index (χ0n) is 14.1. The maximum Gasteiger partial charge on any atom is 0.276 e. The Morgan fingerprint density at radius 3 is 2.87 bits per heavy atom. The van der Waals surface area contributed by atoms with Crippen molar-refractivity contribution >= 4 is 18.3 Å². The summed E-state index contributed by atoms with van der Waals surface area (Å²) in [5.41, 5.74) is 0.748. The van der Waals surface area contributed by atoms with Crippen LogP contribution in [0.2, 0.25) is 0 Å². The summed E-state index contributed by atoms with van der Waals surface area (Å²) in [5.74, 6) is 0.0413. The number of halogens is 1. The Labute approximate surface area is 144 Å². The minimum atomic E-state index is 0. The molecule has 1 unspecified atom stereocenters. The van der Waals surface area contributed by atoms with Gasteiger partial charge in [0.05, 0.1) is 12.2 Å². The van der Waals surface area contributed by atoms with Crippen molar-refractivity contribution in [1.82, 2.24) is 25.2 Å². The van der Waals surface area contributed by atoms with Gasteiger partial charge in [-0.25, -0.2) is 4.68 Å². The third kappa shape index (κ3) is 4.04. The molecule has 1 N–H and O–H groups in total. The molecule has 0 bridgehead atoms. The van der Waals surface area contributed by atoms with Crippen molar-refractivity contribution in [2.75, 3.05) is 26.2 Å². The maximum atomic E-state index is 12.7. The zero-order chi connectivity index (χ0) is 15.6. The summed E-state index contributed by atoms with van der Waals surface area (Å²) < 4.78 is 1.89. The Morgan fingerprint density at radius 2 is 2.17 bits per heavy atom. The van der Waals surface area contributed by atoms with Crippen LogP contribution in [0.3, 0.4) is 0 Å². The lowest BCUT2D eigenvalue weighted by atomic mass is 9.79. The minimum absolute atomic E-state index is 0. The molecule has 2 fully saturated rings. The summed E-state index contributed by atoms with van der Waals surface area (Å²) in [4.78, 5) is 14.7. The lowest BCUT2D eigenvalue weighted by molar-refractivity contribution is 0.0537. The van der Waals surface area contributed by atoms with E-state index in [0.717, 1.165) is 51.9 Å². The number of aromatic nitrogens is 3. The van der Waals surface area contributed by atoms with E-state index in [2.05, 4.69) is 29.5 Å². The van der Waals surface area contributed by atoms with Crippen LogP contribution in [0.25, 0.3) is 0 Å². The third-order valence-electron chi connectivity index (χ3n) is 5.33. The van der Waals surface area contributed by atoms with Gasteiger partial charge in [-0.2, -0.15) is 0 Å². The van der Waals surface area contributed by atoms with E-state index >= 15 is 0 Å². The molecule has 0 radical (unpaired) electrons. The van der Waals surface area contributed by atoms with Crippen molar-refractivity contribution < 1.29 is 4.79 Å². The summed E-state index contributed by atoms with van der Waals surface area (Å²) in [6.07, 6.45) is 7.34. The average molecular weight is 342 g/mol. The predicted molar refractivity (Wildman–Crippen MR) is 91.9 cm³/mol. The van der Waals surface area contributed by atoms with Crippen molar-refractivity contribution in [3.8, 4) is 0 Å². The second-order valence-corrected chi connectivity index (χ2v) is 7.06. The number of carbonyl (C=O) groups is 1. The molecule has 0 saturated carbocycles. The lowest BCUT2D eigenvalue weighted by Crippen LogP contribution is -2.44. The number of rotatable bonds is 3. The van der Waals surface area contributed by atoms with Gasteiger partial charge in [-0.15, -0.1) is 17.5 Å². The topological polar surface area (TPSA) is 63.1 Å². The van der Waals surface area contributed by atoms with Crippen LogP contribution >= 0.6 is 12.4 Å². The van der Waals surface area contributed by atoms with Crippen LogP contribution in [0.4, 0.5) is 0 Å². The van der Waals surface area contributed by atoms with Crippen LogP contribution < -0.4 is 5.32 Å². The Bertz CT molecular complexity index is 528. The van der Waals surface area contributed by atoms with E-state index in [4.69, 9.17) is 0 Å². The van der Waals surface area contributed by atoms with Gasteiger partial charge in [0.15, 0.2) is 5.69 Å². The van der Waals surface area contributed by atoms with E-state index in [-0.39, 0.29) is 23.7 Å². The molecule has 2 aliphatic heterocycles. The largest absolute Gasteiger partial charge is 0.337 e. The monoisotopic (exact) mass is 341 g/mol. The third-order valence-corrected chi connectivity index (χ3v) is 5.33. The van der Waals surface area contributed by atoms with Crippen LogP contribution in [0.15, 0.2) is 6.20 Å². The van der Waals surface area contributed by atoms with Gasteiger partial charge >= 0.3 is 0 Å². The molecule has 7 heteroatoms. The Hall–Kier alpha value is -1.14. The van der Waals surface area contributed by atoms with Gasteiger partial charge in [-0.3, -0.25) is 4.79 Å². The molecule has 1 atom stereocenters. The number of hydrogen-bond acceptors (Lipinski definition) is 4. The molecule has 1 aromatic rings. The normalized spacial score (nSPS) is 25.9. The maximum absolute atomic E-state index is 12.7. The molecule has 0 aromatic carbocycles. The standard InChI is InChI=1S/C16H27N5O.ClH/c1-3-16(2)7-4-10-20(12-16)15(22)14-11-21(19-18-14)13-5-8-17-9-6-13;/h11,13,17H,3-10,12H2,1-2H3;1H. The molecule has 0 aliphatic carbocycles. The highest BCUT2D eigenvalue weighted by Crippen LogP contribution is 2.33. The molecule has 3 rings (SSSR count). The average Bonchev–Trinajstić information content (AvgIpc) is 3.05. The van der Waals surface area contributed by atoms with Gasteiger partial charge in [-0.05, 0) is 50.6 Å². The molecular weight excluding hydrogens is 314 g/mol. The first kappa shape index (κ1) is 18.2. The quantitative estimate of drug-likeness (QED) is 0.916. The Kier molecular flexibility index (Phi) is 6.03. The summed E-state index contributed by atoms with van der Waals surface area (Å²) in [5, 5.41) is 11.7. The number of carbonyl (C=O) groups excluding carboxylic acids is 1. The smallest absolute Gasteiger partial charge is 0.276 e. The predicted octanol–water partition coefficient (Wildman–Crippen LogP) is 2.28. The first-order valence-electron chi connectivity index (χ1n) is 8.53. The van der Waals surface area contributed by atoms with Crippen molar-refractivity contribution in [2.45, 2.75) is 52.0 Å². The van der Waals surface area contributed by atoms with E-state index in [1.54, 1.807) is 0 Å². The Balaban J connectivity index is 0.00000192. The van der Waals surface area contributed by atoms with Crippen molar-refractivity contribution in [1.29, 1.82) is 0 Å². The summed E-state index contributed by atoms with van der Waals surface area (Å²) in [6.45, 7) is 8.18. The first-order valence-corrected chi connectivity index (χ1v) is 8.53. The van der Waals surface area contributed by atoms with E-state index in [1.807, 2.05) is 15.8 Å². The molecule has 6 nitrogen and oxygen atoms in total. The van der Waals surface area contributed by atoms with Crippen molar-refractivity contribution in [3.63, 3.8) is 0 Å². The SMILES string of the molecule is CCC1(C)CCCN(C(=O)c2cn(C3CCNCC3)nn2)C1.Cl. The van der Waals surface area contributed by atoms with Gasteiger partial charge in [0, 0.05) is 13.1 Å². The van der Waals surface area contributed by atoms with Gasteiger partial charge < -0.3 is 10.2 Å². The molecule has 1 amide bonds. The fourth-order valence-electron chi connectivity index (χ4n) is 3.56. The van der Waals surface area contributed by atoms with Crippen LogP contribution in [-0.2, 0) is 0 Å². The zero-order valence-corrected chi connectivity index (χ0v) is 14.9. The highest BCUT2D eigenvalue weighted by molar-refractivity contribution is 5.92. The van der Waals surface area contributed by atoms with E-state index < -0.39 is 0 Å². The molecule has 3 heterocycles. The summed E-state index contributed by atoms with van der Waals surface area (Å²) in [6, 6.07) is 0.373. The molecule has 0 spiro atoms. The van der Waals surface area contributed by atoms with Crippen molar-refractivity contribution in [2.24, 2.45) is 5.41 Å². The van der Waals surface area contributed by atoms with Crippen LogP contribution in [0.5, 0.6) is 0 Å². The second-order valence-electron chi connectivity index (χ2n) is 7.06. The first-order chi connectivity index (χ1) is 10.6. The summed E-state index contributed by atoms with van der Waals surface area (Å²) >= 11 is 0. The number of nitrogens with zero attached hydrogens (tertiary/aromatic N) is 4. The number of piperidine rings is 2. The lowest BCUT2D eigenvalue weighted by Gasteiger charge is -2.39. The van der Waals surface area contributed by atoms with Crippen LogP contribution in [0, 0.1) is 5.41 Å². The highest BCUT2D eigenvalue weighted by Gasteiger charge is 2.33. The van der Waals surface area contributed by atoms with Crippen molar-refractivity contribution in [3.05, 3.63) is 11.9 Å². The highest BCUT2D eigenvalue weighted by atomic mass is 35.5. The van der Waals surface area contributed by atoms with E-state index in [0.29, 0.717) is 11.7 Å². The van der Waals surface area contributed by atoms with Gasteiger partial charge in [-0.1, -0.05) is 19.1 Å². The fraction of sp³-hybridized carbons (Fsp3) is 0.812. The van der Waals surface area contributed by atoms with E-state index in [9.17, 15) is 4.79 Å². The molecule has 130 valence electrons. The number of amides is 1. The number of likely N-dealkylation sites (tertiary alicyclic amines) is 1. The van der Waals surface area contributed by atoms with Crippen LogP contribution in [-0.4, -0.2) is 52.0 Å². The molecular formula is C16H28ClN5O.